The zero-order valence-electron chi connectivity index (χ0n) is 13.0. The number of rotatable bonds is 14. The van der Waals surface area contributed by atoms with Crippen molar-refractivity contribution in [1.82, 2.24) is 0 Å². The van der Waals surface area contributed by atoms with Crippen LogP contribution in [0.5, 0.6) is 0 Å². The Kier molecular flexibility index (Phi) is 19.8. The molecule has 0 aromatic heterocycles. The molecule has 0 aliphatic rings. The minimum atomic E-state index is -4.75. The van der Waals surface area contributed by atoms with Gasteiger partial charge in [0.2, 0.25) is 0 Å². The monoisotopic (exact) mass is 332 g/mol. The van der Waals surface area contributed by atoms with E-state index in [0.29, 0.717) is 6.42 Å². The van der Waals surface area contributed by atoms with Gasteiger partial charge in [-0.3, -0.25) is 0 Å². The molecule has 0 rings (SSSR count). The van der Waals surface area contributed by atoms with Crippen LogP contribution in [-0.2, 0) is 9.09 Å². The first kappa shape index (κ1) is 23.6. The molecule has 0 aliphatic heterocycles. The van der Waals surface area contributed by atoms with Gasteiger partial charge in [0.25, 0.3) is 0 Å². The number of hydrogen-bond acceptors (Lipinski definition) is 4. The maximum Gasteiger partial charge on any atom is 2.00 e. The van der Waals surface area contributed by atoms with Crippen LogP contribution < -0.4 is 9.79 Å². The van der Waals surface area contributed by atoms with E-state index in [-0.39, 0.29) is 44.3 Å². The zero-order chi connectivity index (χ0) is 14.4. The molecule has 116 valence electrons. The average Bonchev–Trinajstić information content (AvgIpc) is 2.34. The van der Waals surface area contributed by atoms with Crippen molar-refractivity contribution in [3.8, 4) is 0 Å². The summed E-state index contributed by atoms with van der Waals surface area (Å²) in [5.74, 6) is 0. The smallest absolute Gasteiger partial charge is 0.790 e. The van der Waals surface area contributed by atoms with Crippen LogP contribution in [-0.4, -0.2) is 44.3 Å². The molecule has 0 amide bonds. The van der Waals surface area contributed by atoms with Crippen molar-refractivity contribution in [2.45, 2.75) is 84.0 Å². The van der Waals surface area contributed by atoms with E-state index in [1.54, 1.807) is 0 Å². The van der Waals surface area contributed by atoms with Gasteiger partial charge < -0.3 is 18.9 Å². The molecule has 0 spiro atoms. The summed E-state index contributed by atoms with van der Waals surface area (Å²) in [4.78, 5) is 20.4. The first-order chi connectivity index (χ1) is 9.06. The largest absolute Gasteiger partial charge is 2.00 e. The van der Waals surface area contributed by atoms with E-state index < -0.39 is 7.82 Å². The fourth-order valence-corrected chi connectivity index (χ4v) is 2.47. The quantitative estimate of drug-likeness (QED) is 0.278. The van der Waals surface area contributed by atoms with Crippen LogP contribution in [0.2, 0.25) is 0 Å². The van der Waals surface area contributed by atoms with Crippen molar-refractivity contribution in [3.05, 3.63) is 0 Å². The summed E-state index contributed by atoms with van der Waals surface area (Å²) in [6.07, 6.45) is 14.6. The number of phosphoric ester groups is 1. The van der Waals surface area contributed by atoms with Crippen molar-refractivity contribution in [2.75, 3.05) is 6.61 Å². The topological polar surface area (TPSA) is 72.4 Å². The van der Waals surface area contributed by atoms with Crippen LogP contribution in [0.15, 0.2) is 0 Å². The summed E-state index contributed by atoms with van der Waals surface area (Å²) in [5, 5.41) is 0. The van der Waals surface area contributed by atoms with Crippen molar-refractivity contribution >= 4 is 45.6 Å². The average molecular weight is 332 g/mol. The molecule has 0 N–H and O–H groups in total. The van der Waals surface area contributed by atoms with Gasteiger partial charge >= 0.3 is 37.7 Å². The van der Waals surface area contributed by atoms with Gasteiger partial charge in [0.1, 0.15) is 0 Å². The van der Waals surface area contributed by atoms with Gasteiger partial charge in [0, 0.05) is 0 Å². The number of unbranched alkanes of at least 4 members (excludes halogenated alkanes) is 11. The van der Waals surface area contributed by atoms with E-state index >= 15 is 0 Å². The summed E-state index contributed by atoms with van der Waals surface area (Å²) in [6.45, 7) is 2.28. The third-order valence-corrected chi connectivity index (χ3v) is 3.75. The van der Waals surface area contributed by atoms with Gasteiger partial charge in [-0.2, -0.15) is 0 Å². The SMILES string of the molecule is CCCCCCCCCCCCCCOP(=O)([O-])[O-].[Ca+2]. The number of hydrogen-bond donors (Lipinski definition) is 0. The Hall–Kier alpha value is 1.37. The maximum atomic E-state index is 10.2. The zero-order valence-corrected chi connectivity index (χ0v) is 16.1. The molecule has 0 bridgehead atoms. The Bertz CT molecular complexity index is 233. The van der Waals surface area contributed by atoms with E-state index in [2.05, 4.69) is 11.4 Å². The fraction of sp³-hybridized carbons (Fsp3) is 1.00. The second-order valence-electron chi connectivity index (χ2n) is 5.17. The molecule has 0 aliphatic carbocycles. The fourth-order valence-electron chi connectivity index (χ4n) is 2.12. The van der Waals surface area contributed by atoms with Crippen LogP contribution in [0.1, 0.15) is 84.0 Å². The standard InChI is InChI=1S/C14H31O4P.Ca/c1-2-3-4-5-6-7-8-9-10-11-12-13-14-18-19(15,16)17;/h2-14H2,1H3,(H2,15,16,17);/q;+2/p-2. The Labute approximate surface area is 154 Å². The van der Waals surface area contributed by atoms with Crippen LogP contribution >= 0.6 is 7.82 Å². The van der Waals surface area contributed by atoms with E-state index in [1.165, 1.54) is 57.8 Å². The molecule has 0 aromatic rings. The molecule has 0 atom stereocenters. The van der Waals surface area contributed by atoms with Crippen molar-refractivity contribution in [3.63, 3.8) is 0 Å². The second kappa shape index (κ2) is 16.7. The van der Waals surface area contributed by atoms with Gasteiger partial charge in [-0.25, -0.2) is 0 Å². The molecular formula is C14H29CaO4P. The Morgan fingerprint density at radius 1 is 0.750 bits per heavy atom. The molecule has 0 aromatic carbocycles. The van der Waals surface area contributed by atoms with Crippen molar-refractivity contribution in [2.24, 2.45) is 0 Å². The molecule has 0 fully saturated rings. The van der Waals surface area contributed by atoms with E-state index in [1.807, 2.05) is 0 Å². The third kappa shape index (κ3) is 21.7. The Balaban J connectivity index is 0. The summed E-state index contributed by atoms with van der Waals surface area (Å²) < 4.78 is 14.3. The molecule has 0 unspecified atom stereocenters. The maximum absolute atomic E-state index is 10.2. The van der Waals surface area contributed by atoms with Gasteiger partial charge in [-0.05, 0) is 6.42 Å². The Morgan fingerprint density at radius 3 is 1.45 bits per heavy atom. The molecule has 20 heavy (non-hydrogen) atoms. The van der Waals surface area contributed by atoms with Gasteiger partial charge in [-0.15, -0.1) is 0 Å². The molecule has 6 heteroatoms. The summed E-state index contributed by atoms with van der Waals surface area (Å²) in [5.41, 5.74) is 0. The molecule has 0 saturated heterocycles. The molecular weight excluding hydrogens is 303 g/mol. The van der Waals surface area contributed by atoms with Crippen molar-refractivity contribution < 1.29 is 18.9 Å². The van der Waals surface area contributed by atoms with E-state index in [0.717, 1.165) is 12.8 Å². The van der Waals surface area contributed by atoms with Crippen LogP contribution in [0, 0.1) is 0 Å². The minimum Gasteiger partial charge on any atom is -0.790 e. The number of phosphoric acid groups is 1. The van der Waals surface area contributed by atoms with Gasteiger partial charge in [-0.1, -0.05) is 77.6 Å². The van der Waals surface area contributed by atoms with E-state index in [4.69, 9.17) is 0 Å². The predicted octanol–water partition coefficient (Wildman–Crippen LogP) is 3.15. The van der Waals surface area contributed by atoms with E-state index in [9.17, 15) is 14.4 Å². The summed E-state index contributed by atoms with van der Waals surface area (Å²) in [6, 6.07) is 0. The summed E-state index contributed by atoms with van der Waals surface area (Å²) >= 11 is 0. The van der Waals surface area contributed by atoms with Gasteiger partial charge in [0.05, 0.1) is 14.4 Å². The third-order valence-electron chi connectivity index (χ3n) is 3.25. The first-order valence-corrected chi connectivity index (χ1v) is 9.19. The van der Waals surface area contributed by atoms with Crippen LogP contribution in [0.4, 0.5) is 0 Å². The molecule has 0 radical (unpaired) electrons. The normalized spacial score (nSPS) is 11.3. The minimum absolute atomic E-state index is 0. The molecule has 4 nitrogen and oxygen atoms in total. The first-order valence-electron chi connectivity index (χ1n) is 7.73. The van der Waals surface area contributed by atoms with Crippen LogP contribution in [0.25, 0.3) is 0 Å². The Morgan fingerprint density at radius 2 is 1.10 bits per heavy atom. The predicted molar refractivity (Wildman–Crippen MR) is 80.4 cm³/mol. The summed E-state index contributed by atoms with van der Waals surface area (Å²) in [7, 11) is -4.75. The van der Waals surface area contributed by atoms with Crippen molar-refractivity contribution in [1.29, 1.82) is 0 Å². The second-order valence-corrected chi connectivity index (χ2v) is 6.32. The van der Waals surface area contributed by atoms with Crippen LogP contribution in [0.3, 0.4) is 0 Å². The molecule has 0 saturated carbocycles. The van der Waals surface area contributed by atoms with Gasteiger partial charge in [0.15, 0.2) is 0 Å². The molecule has 0 heterocycles.